The van der Waals surface area contributed by atoms with E-state index in [1.54, 1.807) is 24.4 Å². The fourth-order valence-corrected chi connectivity index (χ4v) is 3.49. The summed E-state index contributed by atoms with van der Waals surface area (Å²) in [6, 6.07) is 8.21. The van der Waals surface area contributed by atoms with Gasteiger partial charge >= 0.3 is 0 Å². The topological polar surface area (TPSA) is 81.6 Å². The van der Waals surface area contributed by atoms with Gasteiger partial charge in [0.05, 0.1) is 28.9 Å². The molecule has 1 aromatic carbocycles. The van der Waals surface area contributed by atoms with E-state index in [0.717, 1.165) is 29.7 Å². The molecule has 2 N–H and O–H groups in total. The summed E-state index contributed by atoms with van der Waals surface area (Å²) in [5.74, 6) is -0.355. The van der Waals surface area contributed by atoms with E-state index in [0.29, 0.717) is 28.1 Å². The largest absolute Gasteiger partial charge is 0.350 e. The number of aromatic amines is 1. The number of nitrogens with one attached hydrogen (secondary N) is 2. The summed E-state index contributed by atoms with van der Waals surface area (Å²) in [5, 5.41) is 12.7. The highest BCUT2D eigenvalue weighted by Crippen LogP contribution is 2.41. The Morgan fingerprint density at radius 2 is 2.15 bits per heavy atom. The molecule has 1 unspecified atom stereocenters. The van der Waals surface area contributed by atoms with Crippen molar-refractivity contribution in [2.75, 3.05) is 0 Å². The number of pyridine rings is 1. The van der Waals surface area contributed by atoms with Crippen LogP contribution in [0.1, 0.15) is 51.8 Å². The van der Waals surface area contributed by atoms with Crippen LogP contribution in [0.4, 0.5) is 4.39 Å². The average molecular weight is 362 g/mol. The first kappa shape index (κ1) is 17.2. The smallest absolute Gasteiger partial charge is 0.268 e. The molecule has 2 heterocycles. The van der Waals surface area contributed by atoms with Crippen molar-refractivity contribution in [3.05, 3.63) is 64.4 Å². The van der Waals surface area contributed by atoms with Crippen LogP contribution >= 0.6 is 0 Å². The number of carbonyl (C=O) groups is 1. The highest BCUT2D eigenvalue weighted by Gasteiger charge is 2.36. The molecule has 6 heteroatoms. The molecule has 27 heavy (non-hydrogen) atoms. The Hall–Kier alpha value is -3.20. The number of nitrogens with zero attached hydrogens (tertiary/aromatic N) is 2. The van der Waals surface area contributed by atoms with Crippen molar-refractivity contribution in [3.8, 4) is 6.07 Å². The molecule has 1 fully saturated rings. The third kappa shape index (κ3) is 3.06. The van der Waals surface area contributed by atoms with Gasteiger partial charge in [-0.1, -0.05) is 6.07 Å². The minimum absolute atomic E-state index is 0.261. The maximum atomic E-state index is 14.1. The van der Waals surface area contributed by atoms with Crippen LogP contribution in [-0.2, 0) is 0 Å². The van der Waals surface area contributed by atoms with Crippen molar-refractivity contribution < 1.29 is 9.18 Å². The second-order valence-electron chi connectivity index (χ2n) is 7.11. The fourth-order valence-electron chi connectivity index (χ4n) is 3.49. The van der Waals surface area contributed by atoms with Gasteiger partial charge in [0, 0.05) is 11.6 Å². The van der Waals surface area contributed by atoms with Crippen LogP contribution in [0.5, 0.6) is 0 Å². The number of halogens is 1. The standard InChI is InChI=1S/C21H19FN4O/c1-11-3-6-16(22)15-9-17(25-18(11)15)21(27)26-20(13-4-5-13)19-12(2)14(10-23)7-8-24-19/h3,6-9,13,20,25H,4-5H2,1-2H3,(H,26,27). The second-order valence-corrected chi connectivity index (χ2v) is 7.11. The summed E-state index contributed by atoms with van der Waals surface area (Å²) in [4.78, 5) is 20.3. The van der Waals surface area contributed by atoms with Crippen molar-refractivity contribution in [3.63, 3.8) is 0 Å². The molecule has 1 atom stereocenters. The van der Waals surface area contributed by atoms with Crippen molar-refractivity contribution >= 4 is 16.8 Å². The quantitative estimate of drug-likeness (QED) is 0.734. The Bertz CT molecular complexity index is 1050. The molecular formula is C21H19FN4O. The van der Waals surface area contributed by atoms with Crippen LogP contribution in [0.15, 0.2) is 30.5 Å². The first-order valence-electron chi connectivity index (χ1n) is 8.94. The van der Waals surface area contributed by atoms with E-state index in [9.17, 15) is 14.4 Å². The van der Waals surface area contributed by atoms with E-state index in [2.05, 4.69) is 21.4 Å². The van der Waals surface area contributed by atoms with E-state index in [-0.39, 0.29) is 17.8 Å². The van der Waals surface area contributed by atoms with Gasteiger partial charge in [0.15, 0.2) is 0 Å². The van der Waals surface area contributed by atoms with E-state index in [1.165, 1.54) is 6.07 Å². The van der Waals surface area contributed by atoms with Crippen molar-refractivity contribution in [2.45, 2.75) is 32.7 Å². The highest BCUT2D eigenvalue weighted by atomic mass is 19.1. The predicted molar refractivity (Wildman–Crippen MR) is 99.6 cm³/mol. The third-order valence-corrected chi connectivity index (χ3v) is 5.23. The number of nitriles is 1. The van der Waals surface area contributed by atoms with Crippen LogP contribution in [0.2, 0.25) is 0 Å². The molecule has 5 nitrogen and oxygen atoms in total. The first-order chi connectivity index (χ1) is 13.0. The lowest BCUT2D eigenvalue weighted by Gasteiger charge is -2.19. The van der Waals surface area contributed by atoms with Gasteiger partial charge in [-0.15, -0.1) is 0 Å². The van der Waals surface area contributed by atoms with Gasteiger partial charge in [-0.3, -0.25) is 9.78 Å². The summed E-state index contributed by atoms with van der Waals surface area (Å²) in [6.45, 7) is 3.72. The normalized spacial score (nSPS) is 14.7. The number of H-pyrrole nitrogens is 1. The molecule has 3 aromatic rings. The van der Waals surface area contributed by atoms with Gasteiger partial charge in [0.25, 0.3) is 5.91 Å². The molecule has 1 aliphatic carbocycles. The number of aromatic nitrogens is 2. The summed E-state index contributed by atoms with van der Waals surface area (Å²) in [7, 11) is 0. The van der Waals surface area contributed by atoms with Gasteiger partial charge in [0.2, 0.25) is 0 Å². The number of benzene rings is 1. The van der Waals surface area contributed by atoms with Gasteiger partial charge in [-0.05, 0) is 61.9 Å². The number of carbonyl (C=O) groups excluding carboxylic acids is 1. The molecular weight excluding hydrogens is 343 g/mol. The van der Waals surface area contributed by atoms with Crippen molar-refractivity contribution in [1.29, 1.82) is 5.26 Å². The summed E-state index contributed by atoms with van der Waals surface area (Å²) >= 11 is 0. The molecule has 0 spiro atoms. The summed E-state index contributed by atoms with van der Waals surface area (Å²) < 4.78 is 14.1. The Balaban J connectivity index is 1.67. The molecule has 1 saturated carbocycles. The predicted octanol–water partition coefficient (Wildman–Crippen LogP) is 4.07. The van der Waals surface area contributed by atoms with Gasteiger partial charge in [-0.25, -0.2) is 4.39 Å². The van der Waals surface area contributed by atoms with Crippen LogP contribution in [0, 0.1) is 36.9 Å². The SMILES string of the molecule is Cc1c(C#N)ccnc1C(NC(=O)c1cc2c(F)ccc(C)c2[nH]1)C1CC1. The molecule has 1 amide bonds. The zero-order valence-electron chi connectivity index (χ0n) is 15.1. The van der Waals surface area contributed by atoms with E-state index >= 15 is 0 Å². The third-order valence-electron chi connectivity index (χ3n) is 5.23. The number of hydrogen-bond acceptors (Lipinski definition) is 3. The molecule has 136 valence electrons. The molecule has 0 saturated heterocycles. The Morgan fingerprint density at radius 1 is 1.37 bits per heavy atom. The van der Waals surface area contributed by atoms with E-state index < -0.39 is 0 Å². The molecule has 0 bridgehead atoms. The number of amides is 1. The van der Waals surface area contributed by atoms with E-state index in [1.807, 2.05) is 13.8 Å². The van der Waals surface area contributed by atoms with Crippen LogP contribution < -0.4 is 5.32 Å². The van der Waals surface area contributed by atoms with E-state index in [4.69, 9.17) is 0 Å². The fraction of sp³-hybridized carbons (Fsp3) is 0.286. The zero-order valence-corrected chi connectivity index (χ0v) is 15.1. The summed E-state index contributed by atoms with van der Waals surface area (Å²) in [5.41, 5.74) is 3.90. The monoisotopic (exact) mass is 362 g/mol. The van der Waals surface area contributed by atoms with Crippen LogP contribution in [0.3, 0.4) is 0 Å². The maximum absolute atomic E-state index is 14.1. The molecule has 0 aliphatic heterocycles. The second kappa shape index (κ2) is 6.51. The summed E-state index contributed by atoms with van der Waals surface area (Å²) in [6.07, 6.45) is 3.61. The Morgan fingerprint density at radius 3 is 2.81 bits per heavy atom. The van der Waals surface area contributed by atoms with Crippen molar-refractivity contribution in [1.82, 2.24) is 15.3 Å². The lowest BCUT2D eigenvalue weighted by Crippen LogP contribution is -2.31. The minimum Gasteiger partial charge on any atom is -0.350 e. The minimum atomic E-state index is -0.358. The van der Waals surface area contributed by atoms with Gasteiger partial charge in [0.1, 0.15) is 11.5 Å². The highest BCUT2D eigenvalue weighted by molar-refractivity contribution is 5.99. The number of hydrogen-bond donors (Lipinski definition) is 2. The van der Waals surface area contributed by atoms with Crippen molar-refractivity contribution in [2.24, 2.45) is 5.92 Å². The average Bonchev–Trinajstić information content (AvgIpc) is 3.40. The number of aryl methyl sites for hydroxylation is 1. The van der Waals surface area contributed by atoms with Crippen LogP contribution in [-0.4, -0.2) is 15.9 Å². The van der Waals surface area contributed by atoms with Crippen LogP contribution in [0.25, 0.3) is 10.9 Å². The lowest BCUT2D eigenvalue weighted by atomic mass is 10.00. The molecule has 1 aliphatic rings. The van der Waals surface area contributed by atoms with Gasteiger partial charge < -0.3 is 10.3 Å². The molecule has 4 rings (SSSR count). The first-order valence-corrected chi connectivity index (χ1v) is 8.94. The molecule has 0 radical (unpaired) electrons. The lowest BCUT2D eigenvalue weighted by molar-refractivity contribution is 0.0926. The zero-order chi connectivity index (χ0) is 19.1. The molecule has 2 aromatic heterocycles. The Kier molecular flexibility index (Phi) is 4.15. The number of fused-ring (bicyclic) bond motifs is 1. The maximum Gasteiger partial charge on any atom is 0.268 e. The number of rotatable bonds is 4. The Labute approximate surface area is 156 Å². The van der Waals surface area contributed by atoms with Gasteiger partial charge in [-0.2, -0.15) is 5.26 Å².